The number of amides is 2. The van der Waals surface area contributed by atoms with Crippen molar-refractivity contribution in [2.75, 3.05) is 32.0 Å². The standard InChI is InChI=1S/C20H23Cl2N5O2/c1-3-25(2)8-4-5-19(28)26-9-10-27-17(12-23-18(27)13-26)20(29)24-16-11-14(21)6-7-15(16)22/h4-7,11-12H,3,8-10,13H2,1-2H3,(H,24,29)/b5-4+. The van der Waals surface area contributed by atoms with E-state index in [0.717, 1.165) is 13.1 Å². The largest absolute Gasteiger partial charge is 0.330 e. The van der Waals surface area contributed by atoms with Crippen molar-refractivity contribution < 1.29 is 9.59 Å². The molecule has 9 heteroatoms. The van der Waals surface area contributed by atoms with E-state index in [9.17, 15) is 9.59 Å². The number of halogens is 2. The van der Waals surface area contributed by atoms with Gasteiger partial charge in [-0.15, -0.1) is 0 Å². The molecule has 3 rings (SSSR count). The molecule has 7 nitrogen and oxygen atoms in total. The molecule has 0 aliphatic carbocycles. The maximum atomic E-state index is 12.7. The number of aromatic nitrogens is 2. The molecule has 1 aliphatic rings. The summed E-state index contributed by atoms with van der Waals surface area (Å²) in [6.07, 6.45) is 4.98. The maximum Gasteiger partial charge on any atom is 0.273 e. The topological polar surface area (TPSA) is 70.5 Å². The van der Waals surface area contributed by atoms with Gasteiger partial charge in [0.1, 0.15) is 11.5 Å². The van der Waals surface area contributed by atoms with Crippen LogP contribution in [0.3, 0.4) is 0 Å². The van der Waals surface area contributed by atoms with E-state index in [2.05, 4.69) is 22.1 Å². The lowest BCUT2D eigenvalue weighted by Crippen LogP contribution is -2.38. The van der Waals surface area contributed by atoms with E-state index in [0.29, 0.717) is 46.9 Å². The number of carbonyl (C=O) groups is 2. The quantitative estimate of drug-likeness (QED) is 0.706. The average Bonchev–Trinajstić information content (AvgIpc) is 3.13. The third-order valence-electron chi connectivity index (χ3n) is 4.80. The van der Waals surface area contributed by atoms with Gasteiger partial charge in [0.15, 0.2) is 0 Å². The van der Waals surface area contributed by atoms with Gasteiger partial charge in [-0.1, -0.05) is 36.2 Å². The van der Waals surface area contributed by atoms with Crippen molar-refractivity contribution in [1.29, 1.82) is 0 Å². The smallest absolute Gasteiger partial charge is 0.273 e. The number of nitrogens with one attached hydrogen (secondary N) is 1. The molecular formula is C20H23Cl2N5O2. The molecule has 154 valence electrons. The van der Waals surface area contributed by atoms with Crippen LogP contribution in [0.2, 0.25) is 10.0 Å². The van der Waals surface area contributed by atoms with Crippen LogP contribution in [-0.2, 0) is 17.9 Å². The second-order valence-corrected chi connectivity index (χ2v) is 7.65. The highest BCUT2D eigenvalue weighted by Crippen LogP contribution is 2.26. The predicted octanol–water partition coefficient (Wildman–Crippen LogP) is 3.29. The van der Waals surface area contributed by atoms with Crippen LogP contribution in [0, 0.1) is 0 Å². The predicted molar refractivity (Wildman–Crippen MR) is 114 cm³/mol. The molecule has 0 spiro atoms. The van der Waals surface area contributed by atoms with E-state index in [-0.39, 0.29) is 11.8 Å². The minimum absolute atomic E-state index is 0.0551. The highest BCUT2D eigenvalue weighted by molar-refractivity contribution is 6.35. The number of fused-ring (bicyclic) bond motifs is 1. The number of likely N-dealkylation sites (N-methyl/N-ethyl adjacent to an activating group) is 1. The molecule has 0 saturated carbocycles. The molecule has 2 aromatic rings. The van der Waals surface area contributed by atoms with Gasteiger partial charge in [0.2, 0.25) is 5.91 Å². The van der Waals surface area contributed by atoms with Gasteiger partial charge in [-0.05, 0) is 31.8 Å². The summed E-state index contributed by atoms with van der Waals surface area (Å²) in [6, 6.07) is 4.87. The van der Waals surface area contributed by atoms with Crippen LogP contribution in [0.15, 0.2) is 36.5 Å². The fourth-order valence-electron chi connectivity index (χ4n) is 2.98. The van der Waals surface area contributed by atoms with Crippen LogP contribution in [0.5, 0.6) is 0 Å². The zero-order valence-corrected chi connectivity index (χ0v) is 17.9. The van der Waals surface area contributed by atoms with Gasteiger partial charge >= 0.3 is 0 Å². The lowest BCUT2D eigenvalue weighted by molar-refractivity contribution is -0.127. The zero-order chi connectivity index (χ0) is 21.0. The molecule has 29 heavy (non-hydrogen) atoms. The van der Waals surface area contributed by atoms with Crippen molar-refractivity contribution in [2.45, 2.75) is 20.0 Å². The van der Waals surface area contributed by atoms with E-state index in [1.807, 2.05) is 17.7 Å². The Bertz CT molecular complexity index is 941. The molecule has 1 N–H and O–H groups in total. The second-order valence-electron chi connectivity index (χ2n) is 6.81. The Morgan fingerprint density at radius 3 is 2.86 bits per heavy atom. The molecule has 0 radical (unpaired) electrons. The molecule has 0 fully saturated rings. The number of nitrogens with zero attached hydrogens (tertiary/aromatic N) is 4. The summed E-state index contributed by atoms with van der Waals surface area (Å²) in [5.74, 6) is 0.293. The number of hydrogen-bond acceptors (Lipinski definition) is 4. The molecule has 1 aliphatic heterocycles. The average molecular weight is 436 g/mol. The lowest BCUT2D eigenvalue weighted by atomic mass is 10.3. The number of imidazole rings is 1. The summed E-state index contributed by atoms with van der Waals surface area (Å²) in [7, 11) is 2.00. The molecule has 2 heterocycles. The fourth-order valence-corrected chi connectivity index (χ4v) is 3.31. The Labute approximate surface area is 179 Å². The Balaban J connectivity index is 1.66. The summed E-state index contributed by atoms with van der Waals surface area (Å²) in [6.45, 7) is 5.07. The van der Waals surface area contributed by atoms with Crippen molar-refractivity contribution in [1.82, 2.24) is 19.4 Å². The van der Waals surface area contributed by atoms with Gasteiger partial charge < -0.3 is 19.7 Å². The monoisotopic (exact) mass is 435 g/mol. The fraction of sp³-hybridized carbons (Fsp3) is 0.350. The summed E-state index contributed by atoms with van der Waals surface area (Å²) < 4.78 is 1.83. The van der Waals surface area contributed by atoms with E-state index >= 15 is 0 Å². The number of carbonyl (C=O) groups excluding carboxylic acids is 2. The summed E-state index contributed by atoms with van der Waals surface area (Å²) >= 11 is 12.1. The van der Waals surface area contributed by atoms with Crippen LogP contribution >= 0.6 is 23.2 Å². The molecule has 0 atom stereocenters. The SMILES string of the molecule is CCN(C)C/C=C/C(=O)N1CCn2c(C(=O)Nc3cc(Cl)ccc3Cl)cnc2C1. The van der Waals surface area contributed by atoms with Crippen LogP contribution < -0.4 is 5.32 Å². The Hall–Kier alpha value is -2.35. The Morgan fingerprint density at radius 2 is 2.10 bits per heavy atom. The van der Waals surface area contributed by atoms with E-state index in [1.54, 1.807) is 29.2 Å². The first-order chi connectivity index (χ1) is 13.9. The Kier molecular flexibility index (Phi) is 6.95. The first-order valence-corrected chi connectivity index (χ1v) is 10.1. The van der Waals surface area contributed by atoms with Crippen LogP contribution in [0.25, 0.3) is 0 Å². The van der Waals surface area contributed by atoms with Crippen LogP contribution in [0.1, 0.15) is 23.2 Å². The maximum absolute atomic E-state index is 12.7. The van der Waals surface area contributed by atoms with Crippen molar-refractivity contribution in [3.63, 3.8) is 0 Å². The molecular weight excluding hydrogens is 413 g/mol. The highest BCUT2D eigenvalue weighted by Gasteiger charge is 2.25. The van der Waals surface area contributed by atoms with E-state index in [4.69, 9.17) is 23.2 Å². The molecule has 1 aromatic carbocycles. The molecule has 0 saturated heterocycles. The van der Waals surface area contributed by atoms with Gasteiger partial charge in [-0.25, -0.2) is 4.98 Å². The van der Waals surface area contributed by atoms with Gasteiger partial charge in [0.05, 0.1) is 23.5 Å². The minimum Gasteiger partial charge on any atom is -0.330 e. The van der Waals surface area contributed by atoms with Crippen molar-refractivity contribution in [3.8, 4) is 0 Å². The number of benzene rings is 1. The zero-order valence-electron chi connectivity index (χ0n) is 16.4. The van der Waals surface area contributed by atoms with E-state index in [1.165, 1.54) is 6.20 Å². The normalized spacial score (nSPS) is 13.8. The van der Waals surface area contributed by atoms with Gasteiger partial charge in [-0.2, -0.15) is 0 Å². The van der Waals surface area contributed by atoms with Gasteiger partial charge in [-0.3, -0.25) is 9.59 Å². The molecule has 2 amide bonds. The first kappa shape index (κ1) is 21.4. The summed E-state index contributed by atoms with van der Waals surface area (Å²) in [5, 5.41) is 3.65. The van der Waals surface area contributed by atoms with Gasteiger partial charge in [0, 0.05) is 30.7 Å². The lowest BCUT2D eigenvalue weighted by Gasteiger charge is -2.27. The molecule has 0 unspecified atom stereocenters. The number of anilines is 1. The molecule has 0 bridgehead atoms. The third kappa shape index (κ3) is 5.18. The highest BCUT2D eigenvalue weighted by atomic mass is 35.5. The second kappa shape index (κ2) is 9.43. The van der Waals surface area contributed by atoms with E-state index < -0.39 is 0 Å². The van der Waals surface area contributed by atoms with Gasteiger partial charge in [0.25, 0.3) is 5.91 Å². The minimum atomic E-state index is -0.324. The number of rotatable bonds is 6. The Morgan fingerprint density at radius 1 is 1.31 bits per heavy atom. The first-order valence-electron chi connectivity index (χ1n) is 9.33. The number of hydrogen-bond donors (Lipinski definition) is 1. The third-order valence-corrected chi connectivity index (χ3v) is 5.37. The van der Waals surface area contributed by atoms with Crippen LogP contribution in [-0.4, -0.2) is 57.8 Å². The van der Waals surface area contributed by atoms with Crippen molar-refractivity contribution in [2.24, 2.45) is 0 Å². The van der Waals surface area contributed by atoms with Crippen LogP contribution in [0.4, 0.5) is 5.69 Å². The van der Waals surface area contributed by atoms with Crippen molar-refractivity contribution >= 4 is 40.7 Å². The summed E-state index contributed by atoms with van der Waals surface area (Å²) in [5.41, 5.74) is 0.859. The van der Waals surface area contributed by atoms with Crippen molar-refractivity contribution in [3.05, 3.63) is 58.1 Å². The summed E-state index contributed by atoms with van der Waals surface area (Å²) in [4.78, 5) is 33.2. The molecule has 1 aromatic heterocycles.